The lowest BCUT2D eigenvalue weighted by atomic mass is 10.0. The highest BCUT2D eigenvalue weighted by Gasteiger charge is 2.19. The highest BCUT2D eigenvalue weighted by Crippen LogP contribution is 2.29. The highest BCUT2D eigenvalue weighted by molar-refractivity contribution is 5.71. The Labute approximate surface area is 96.2 Å². The van der Waals surface area contributed by atoms with Crippen molar-refractivity contribution in [1.29, 1.82) is 0 Å². The topological polar surface area (TPSA) is 24.1 Å². The SMILES string of the molecule is Cc1cc2c(cc1F)NC(C(C)C)CCN2. The van der Waals surface area contributed by atoms with Gasteiger partial charge in [-0.2, -0.15) is 0 Å². The molecule has 0 fully saturated rings. The summed E-state index contributed by atoms with van der Waals surface area (Å²) in [5.74, 6) is 0.412. The van der Waals surface area contributed by atoms with Gasteiger partial charge in [-0.15, -0.1) is 0 Å². The fraction of sp³-hybridized carbons (Fsp3) is 0.538. The van der Waals surface area contributed by atoms with Gasteiger partial charge in [0.2, 0.25) is 0 Å². The van der Waals surface area contributed by atoms with Gasteiger partial charge in [0.15, 0.2) is 0 Å². The molecule has 0 aliphatic carbocycles. The molecular formula is C13H19FN2. The normalized spacial score (nSPS) is 19.7. The van der Waals surface area contributed by atoms with Gasteiger partial charge in [-0.05, 0) is 37.0 Å². The number of anilines is 2. The van der Waals surface area contributed by atoms with Crippen LogP contribution in [0.2, 0.25) is 0 Å². The minimum atomic E-state index is -0.141. The summed E-state index contributed by atoms with van der Waals surface area (Å²) < 4.78 is 13.5. The molecule has 0 radical (unpaired) electrons. The van der Waals surface area contributed by atoms with E-state index < -0.39 is 0 Å². The van der Waals surface area contributed by atoms with Gasteiger partial charge in [0.1, 0.15) is 5.82 Å². The number of benzene rings is 1. The first-order valence-electron chi connectivity index (χ1n) is 5.88. The Morgan fingerprint density at radius 3 is 2.75 bits per heavy atom. The second-order valence-electron chi connectivity index (χ2n) is 4.86. The Balaban J connectivity index is 2.33. The predicted molar refractivity (Wildman–Crippen MR) is 66.5 cm³/mol. The summed E-state index contributed by atoms with van der Waals surface area (Å²) >= 11 is 0. The van der Waals surface area contributed by atoms with Crippen molar-refractivity contribution in [3.63, 3.8) is 0 Å². The molecule has 2 rings (SSSR count). The third kappa shape index (κ3) is 2.13. The summed E-state index contributed by atoms with van der Waals surface area (Å²) in [7, 11) is 0. The molecule has 1 aromatic carbocycles. The van der Waals surface area contributed by atoms with Crippen molar-refractivity contribution in [1.82, 2.24) is 0 Å². The van der Waals surface area contributed by atoms with E-state index in [1.807, 2.05) is 6.07 Å². The first kappa shape index (κ1) is 11.2. The average Bonchev–Trinajstić information content (AvgIpc) is 2.41. The first-order valence-corrected chi connectivity index (χ1v) is 5.88. The van der Waals surface area contributed by atoms with Crippen LogP contribution in [-0.2, 0) is 0 Å². The number of nitrogens with one attached hydrogen (secondary N) is 2. The van der Waals surface area contributed by atoms with E-state index >= 15 is 0 Å². The van der Waals surface area contributed by atoms with Crippen molar-refractivity contribution < 1.29 is 4.39 Å². The molecule has 1 heterocycles. The van der Waals surface area contributed by atoms with Gasteiger partial charge in [-0.25, -0.2) is 4.39 Å². The molecular weight excluding hydrogens is 203 g/mol. The van der Waals surface area contributed by atoms with Gasteiger partial charge >= 0.3 is 0 Å². The van der Waals surface area contributed by atoms with Crippen LogP contribution in [0.3, 0.4) is 0 Å². The van der Waals surface area contributed by atoms with Crippen LogP contribution in [0.4, 0.5) is 15.8 Å². The summed E-state index contributed by atoms with van der Waals surface area (Å²) in [5.41, 5.74) is 2.59. The van der Waals surface area contributed by atoms with E-state index in [1.165, 1.54) is 0 Å². The summed E-state index contributed by atoms with van der Waals surface area (Å²) in [6.07, 6.45) is 1.06. The third-order valence-electron chi connectivity index (χ3n) is 3.22. The Bertz CT molecular complexity index is 388. The number of halogens is 1. The molecule has 0 saturated heterocycles. The summed E-state index contributed by atoms with van der Waals surface area (Å²) in [6, 6.07) is 3.88. The minimum absolute atomic E-state index is 0.141. The third-order valence-corrected chi connectivity index (χ3v) is 3.22. The largest absolute Gasteiger partial charge is 0.383 e. The fourth-order valence-electron chi connectivity index (χ4n) is 2.08. The smallest absolute Gasteiger partial charge is 0.128 e. The van der Waals surface area contributed by atoms with E-state index in [2.05, 4.69) is 24.5 Å². The van der Waals surface area contributed by atoms with Crippen molar-refractivity contribution in [2.75, 3.05) is 17.2 Å². The van der Waals surface area contributed by atoms with Crippen molar-refractivity contribution >= 4 is 11.4 Å². The molecule has 0 bridgehead atoms. The lowest BCUT2D eigenvalue weighted by Gasteiger charge is -2.21. The zero-order valence-corrected chi connectivity index (χ0v) is 10.1. The molecule has 88 valence electrons. The maximum absolute atomic E-state index is 13.5. The molecule has 0 spiro atoms. The molecule has 1 unspecified atom stereocenters. The number of hydrogen-bond acceptors (Lipinski definition) is 2. The van der Waals surface area contributed by atoms with Gasteiger partial charge in [0.05, 0.1) is 11.4 Å². The Kier molecular flexibility index (Phi) is 3.03. The zero-order valence-electron chi connectivity index (χ0n) is 10.1. The maximum Gasteiger partial charge on any atom is 0.128 e. The van der Waals surface area contributed by atoms with E-state index in [4.69, 9.17) is 0 Å². The number of hydrogen-bond donors (Lipinski definition) is 2. The summed E-state index contributed by atoms with van der Waals surface area (Å²) in [5, 5.41) is 6.77. The van der Waals surface area contributed by atoms with Crippen molar-refractivity contribution in [3.8, 4) is 0 Å². The van der Waals surface area contributed by atoms with Crippen LogP contribution in [0.5, 0.6) is 0 Å². The molecule has 0 aromatic heterocycles. The van der Waals surface area contributed by atoms with Crippen molar-refractivity contribution in [2.45, 2.75) is 33.2 Å². The van der Waals surface area contributed by atoms with E-state index in [-0.39, 0.29) is 5.82 Å². The number of fused-ring (bicyclic) bond motifs is 1. The van der Waals surface area contributed by atoms with Crippen molar-refractivity contribution in [3.05, 3.63) is 23.5 Å². The van der Waals surface area contributed by atoms with Crippen LogP contribution in [0.1, 0.15) is 25.8 Å². The van der Waals surface area contributed by atoms with Gasteiger partial charge in [-0.3, -0.25) is 0 Å². The highest BCUT2D eigenvalue weighted by atomic mass is 19.1. The van der Waals surface area contributed by atoms with Crippen LogP contribution in [0.15, 0.2) is 12.1 Å². The molecule has 1 aliphatic rings. The van der Waals surface area contributed by atoms with E-state index in [0.717, 1.165) is 24.3 Å². The van der Waals surface area contributed by atoms with Crippen LogP contribution in [0, 0.1) is 18.7 Å². The van der Waals surface area contributed by atoms with Crippen LogP contribution >= 0.6 is 0 Å². The van der Waals surface area contributed by atoms with Gasteiger partial charge in [-0.1, -0.05) is 13.8 Å². The predicted octanol–water partition coefficient (Wildman–Crippen LogP) is 3.39. The first-order chi connectivity index (χ1) is 7.58. The quantitative estimate of drug-likeness (QED) is 0.761. The molecule has 2 nitrogen and oxygen atoms in total. The van der Waals surface area contributed by atoms with Gasteiger partial charge in [0.25, 0.3) is 0 Å². The summed E-state index contributed by atoms with van der Waals surface area (Å²) in [6.45, 7) is 7.11. The van der Waals surface area contributed by atoms with Gasteiger partial charge in [0, 0.05) is 12.6 Å². The number of rotatable bonds is 1. The van der Waals surface area contributed by atoms with Crippen LogP contribution < -0.4 is 10.6 Å². The average molecular weight is 222 g/mol. The summed E-state index contributed by atoms with van der Waals surface area (Å²) in [4.78, 5) is 0. The number of aryl methyl sites for hydroxylation is 1. The van der Waals surface area contributed by atoms with Crippen LogP contribution in [0.25, 0.3) is 0 Å². The standard InChI is InChI=1S/C13H19FN2/c1-8(2)11-4-5-15-12-6-9(3)10(14)7-13(12)16-11/h6-8,11,15-16H,4-5H2,1-3H3. The van der Waals surface area contributed by atoms with Gasteiger partial charge < -0.3 is 10.6 Å². The second kappa shape index (κ2) is 4.32. The molecule has 1 aliphatic heterocycles. The van der Waals surface area contributed by atoms with E-state index in [9.17, 15) is 4.39 Å². The Morgan fingerprint density at radius 1 is 1.31 bits per heavy atom. The Hall–Kier alpha value is -1.25. The molecule has 0 saturated carbocycles. The van der Waals surface area contributed by atoms with Crippen LogP contribution in [-0.4, -0.2) is 12.6 Å². The molecule has 1 aromatic rings. The maximum atomic E-state index is 13.5. The molecule has 3 heteroatoms. The lowest BCUT2D eigenvalue weighted by Crippen LogP contribution is -2.25. The van der Waals surface area contributed by atoms with Crippen molar-refractivity contribution in [2.24, 2.45) is 5.92 Å². The van der Waals surface area contributed by atoms with E-state index in [1.54, 1.807) is 13.0 Å². The monoisotopic (exact) mass is 222 g/mol. The van der Waals surface area contributed by atoms with E-state index in [0.29, 0.717) is 17.5 Å². The molecule has 0 amide bonds. The minimum Gasteiger partial charge on any atom is -0.383 e. The lowest BCUT2D eigenvalue weighted by molar-refractivity contribution is 0.507. The molecule has 16 heavy (non-hydrogen) atoms. The zero-order chi connectivity index (χ0) is 11.7. The second-order valence-corrected chi connectivity index (χ2v) is 4.86. The Morgan fingerprint density at radius 2 is 2.06 bits per heavy atom. The fourth-order valence-corrected chi connectivity index (χ4v) is 2.08. The molecule has 2 N–H and O–H groups in total. The molecule has 1 atom stereocenters.